The third-order valence-corrected chi connectivity index (χ3v) is 3.56. The second kappa shape index (κ2) is 7.85. The van der Waals surface area contributed by atoms with E-state index in [0.717, 1.165) is 0 Å². The Kier molecular flexibility index (Phi) is 5.84. The Balaban J connectivity index is 1.93. The summed E-state index contributed by atoms with van der Waals surface area (Å²) in [4.78, 5) is 22.7. The average Bonchev–Trinajstić information content (AvgIpc) is 3.02. The Morgan fingerprint density at radius 1 is 1.30 bits per heavy atom. The highest BCUT2D eigenvalue weighted by atomic mass is 35.5. The number of esters is 1. The van der Waals surface area contributed by atoms with Gasteiger partial charge in [-0.25, -0.2) is 4.68 Å². The Morgan fingerprint density at radius 2 is 2.09 bits per heavy atom. The van der Waals surface area contributed by atoms with Crippen molar-refractivity contribution in [2.45, 2.75) is 6.73 Å². The molecular weight excluding hydrogens is 345 g/mol. The Morgan fingerprint density at radius 3 is 2.83 bits per heavy atom. The molecule has 1 aromatic heterocycles. The standard InChI is InChI=1S/C14H13Cl2N3O4/c1-22-12(20)7-17-14(21)10-5-6-19(18-10)8-23-11-4-2-3-9(15)13(11)16/h2-6H,7-8H2,1H3,(H,17,21). The number of hydrogen-bond acceptors (Lipinski definition) is 5. The summed E-state index contributed by atoms with van der Waals surface area (Å²) in [6.07, 6.45) is 1.56. The van der Waals surface area contributed by atoms with Crippen molar-refractivity contribution in [3.63, 3.8) is 0 Å². The molecule has 0 aliphatic carbocycles. The lowest BCUT2D eigenvalue weighted by atomic mass is 10.3. The zero-order valence-electron chi connectivity index (χ0n) is 12.1. The van der Waals surface area contributed by atoms with Crippen LogP contribution in [0.4, 0.5) is 0 Å². The molecule has 0 spiro atoms. The molecule has 1 amide bonds. The molecule has 1 heterocycles. The van der Waals surface area contributed by atoms with Gasteiger partial charge < -0.3 is 14.8 Å². The second-order valence-corrected chi connectivity index (χ2v) is 5.11. The second-order valence-electron chi connectivity index (χ2n) is 4.32. The van der Waals surface area contributed by atoms with Crippen LogP contribution in [0.15, 0.2) is 30.5 Å². The van der Waals surface area contributed by atoms with Gasteiger partial charge in [-0.3, -0.25) is 9.59 Å². The number of carbonyl (C=O) groups is 2. The van der Waals surface area contributed by atoms with Crippen LogP contribution < -0.4 is 10.1 Å². The number of ether oxygens (including phenoxy) is 2. The molecule has 0 bridgehead atoms. The topological polar surface area (TPSA) is 82.5 Å². The first kappa shape index (κ1) is 17.1. The number of hydrogen-bond donors (Lipinski definition) is 1. The van der Waals surface area contributed by atoms with E-state index in [1.54, 1.807) is 24.4 Å². The summed E-state index contributed by atoms with van der Waals surface area (Å²) >= 11 is 11.9. The van der Waals surface area contributed by atoms with Crippen molar-refractivity contribution in [3.8, 4) is 5.75 Å². The van der Waals surface area contributed by atoms with Crippen molar-refractivity contribution >= 4 is 35.1 Å². The minimum absolute atomic E-state index is 0.0460. The molecule has 0 radical (unpaired) electrons. The fourth-order valence-corrected chi connectivity index (χ4v) is 1.95. The number of nitrogens with one attached hydrogen (secondary N) is 1. The molecule has 2 rings (SSSR count). The number of nitrogens with zero attached hydrogens (tertiary/aromatic N) is 2. The van der Waals surface area contributed by atoms with Crippen molar-refractivity contribution in [3.05, 3.63) is 46.2 Å². The van der Waals surface area contributed by atoms with Gasteiger partial charge in [0, 0.05) is 6.20 Å². The summed E-state index contributed by atoms with van der Waals surface area (Å²) in [7, 11) is 1.24. The summed E-state index contributed by atoms with van der Waals surface area (Å²) in [5.41, 5.74) is 0.148. The first-order chi connectivity index (χ1) is 11.0. The minimum atomic E-state index is -0.545. The summed E-state index contributed by atoms with van der Waals surface area (Å²) in [6, 6.07) is 6.52. The highest BCUT2D eigenvalue weighted by molar-refractivity contribution is 6.42. The normalized spacial score (nSPS) is 10.2. The minimum Gasteiger partial charge on any atom is -0.470 e. The van der Waals surface area contributed by atoms with Gasteiger partial charge in [0.05, 0.1) is 12.1 Å². The fraction of sp³-hybridized carbons (Fsp3) is 0.214. The van der Waals surface area contributed by atoms with Crippen molar-refractivity contribution in [1.29, 1.82) is 0 Å². The molecule has 0 aliphatic heterocycles. The Bertz CT molecular complexity index is 718. The lowest BCUT2D eigenvalue weighted by Gasteiger charge is -2.08. The van der Waals surface area contributed by atoms with Crippen LogP contribution in [0, 0.1) is 0 Å². The Hall–Kier alpha value is -2.25. The SMILES string of the molecule is COC(=O)CNC(=O)c1ccn(COc2cccc(Cl)c2Cl)n1. The lowest BCUT2D eigenvalue weighted by Crippen LogP contribution is -2.30. The van der Waals surface area contributed by atoms with Gasteiger partial charge in [0.15, 0.2) is 6.73 Å². The largest absolute Gasteiger partial charge is 0.470 e. The van der Waals surface area contributed by atoms with Crippen molar-refractivity contribution in [1.82, 2.24) is 15.1 Å². The number of amides is 1. The first-order valence-electron chi connectivity index (χ1n) is 6.46. The predicted octanol–water partition coefficient (Wildman–Crippen LogP) is 2.13. The third-order valence-electron chi connectivity index (χ3n) is 2.76. The molecule has 2 aromatic rings. The highest BCUT2D eigenvalue weighted by Crippen LogP contribution is 2.31. The number of rotatable bonds is 6. The number of halogens is 2. The molecule has 1 N–H and O–H groups in total. The summed E-state index contributed by atoms with van der Waals surface area (Å²) in [5, 5.41) is 7.10. The highest BCUT2D eigenvalue weighted by Gasteiger charge is 2.12. The molecule has 0 unspecified atom stereocenters. The Labute approximate surface area is 142 Å². The van der Waals surface area contributed by atoms with Gasteiger partial charge in [0.25, 0.3) is 5.91 Å². The molecule has 7 nitrogen and oxygen atoms in total. The average molecular weight is 358 g/mol. The van der Waals surface area contributed by atoms with Crippen LogP contribution in [-0.2, 0) is 16.3 Å². The van der Waals surface area contributed by atoms with Crippen LogP contribution in [0.3, 0.4) is 0 Å². The van der Waals surface area contributed by atoms with E-state index in [1.165, 1.54) is 17.9 Å². The summed E-state index contributed by atoms with van der Waals surface area (Å²) in [6.45, 7) is -0.179. The molecule has 0 fully saturated rings. The zero-order valence-corrected chi connectivity index (χ0v) is 13.6. The van der Waals surface area contributed by atoms with Crippen LogP contribution >= 0.6 is 23.2 Å². The molecule has 9 heteroatoms. The molecule has 0 saturated heterocycles. The summed E-state index contributed by atoms with van der Waals surface area (Å²) < 4.78 is 11.3. The molecule has 0 atom stereocenters. The van der Waals surface area contributed by atoms with Gasteiger partial charge in [-0.2, -0.15) is 5.10 Å². The van der Waals surface area contributed by atoms with Gasteiger partial charge in [-0.1, -0.05) is 29.3 Å². The van der Waals surface area contributed by atoms with Crippen LogP contribution in [0.25, 0.3) is 0 Å². The van der Waals surface area contributed by atoms with Crippen LogP contribution in [-0.4, -0.2) is 35.3 Å². The molecular formula is C14H13Cl2N3O4. The van der Waals surface area contributed by atoms with Crippen LogP contribution in [0.5, 0.6) is 5.75 Å². The van der Waals surface area contributed by atoms with Crippen LogP contribution in [0.1, 0.15) is 10.5 Å². The molecule has 0 aliphatic rings. The monoisotopic (exact) mass is 357 g/mol. The maximum atomic E-state index is 11.8. The zero-order chi connectivity index (χ0) is 16.8. The van der Waals surface area contributed by atoms with Gasteiger partial charge in [0.1, 0.15) is 23.0 Å². The van der Waals surface area contributed by atoms with E-state index in [2.05, 4.69) is 15.2 Å². The maximum absolute atomic E-state index is 11.8. The van der Waals surface area contributed by atoms with E-state index in [4.69, 9.17) is 27.9 Å². The number of carbonyl (C=O) groups excluding carboxylic acids is 2. The van der Waals surface area contributed by atoms with E-state index < -0.39 is 11.9 Å². The third kappa shape index (κ3) is 4.61. The van der Waals surface area contributed by atoms with E-state index in [0.29, 0.717) is 15.8 Å². The van der Waals surface area contributed by atoms with E-state index in [-0.39, 0.29) is 19.0 Å². The van der Waals surface area contributed by atoms with E-state index in [1.807, 2.05) is 0 Å². The van der Waals surface area contributed by atoms with Crippen molar-refractivity contribution in [2.75, 3.05) is 13.7 Å². The van der Waals surface area contributed by atoms with Gasteiger partial charge in [-0.15, -0.1) is 0 Å². The molecule has 0 saturated carbocycles. The number of aromatic nitrogens is 2. The van der Waals surface area contributed by atoms with Crippen LogP contribution in [0.2, 0.25) is 10.0 Å². The number of benzene rings is 1. The quantitative estimate of drug-likeness (QED) is 0.800. The molecule has 122 valence electrons. The fourth-order valence-electron chi connectivity index (χ4n) is 1.60. The van der Waals surface area contributed by atoms with Crippen molar-refractivity contribution in [2.24, 2.45) is 0 Å². The van der Waals surface area contributed by atoms with Gasteiger partial charge in [-0.05, 0) is 18.2 Å². The van der Waals surface area contributed by atoms with Gasteiger partial charge >= 0.3 is 5.97 Å². The van der Waals surface area contributed by atoms with Gasteiger partial charge in [0.2, 0.25) is 0 Å². The predicted molar refractivity (Wildman–Crippen MR) is 83.7 cm³/mol. The summed E-state index contributed by atoms with van der Waals surface area (Å²) in [5.74, 6) is -0.627. The number of methoxy groups -OCH3 is 1. The van der Waals surface area contributed by atoms with Crippen molar-refractivity contribution < 1.29 is 19.1 Å². The smallest absolute Gasteiger partial charge is 0.325 e. The van der Waals surface area contributed by atoms with E-state index in [9.17, 15) is 9.59 Å². The maximum Gasteiger partial charge on any atom is 0.325 e. The first-order valence-corrected chi connectivity index (χ1v) is 7.22. The van der Waals surface area contributed by atoms with E-state index >= 15 is 0 Å². The lowest BCUT2D eigenvalue weighted by molar-refractivity contribution is -0.139. The molecule has 1 aromatic carbocycles. The molecule has 23 heavy (non-hydrogen) atoms.